The summed E-state index contributed by atoms with van der Waals surface area (Å²) < 4.78 is 16.4. The van der Waals surface area contributed by atoms with Gasteiger partial charge in [0.2, 0.25) is 0 Å². The number of aromatic amines is 1. The van der Waals surface area contributed by atoms with E-state index in [0.717, 1.165) is 5.56 Å². The number of ether oxygens (including phenoxy) is 3. The molecule has 3 aromatic rings. The minimum absolute atomic E-state index is 0.371. The number of esters is 1. The topological polar surface area (TPSA) is 73.4 Å². The number of H-pyrrole nitrogens is 1. The summed E-state index contributed by atoms with van der Waals surface area (Å²) in [7, 11) is 0. The highest BCUT2D eigenvalue weighted by atomic mass is 16.6. The fraction of sp³-hybridized carbons (Fsp3) is 0.111. The molecule has 2 heterocycles. The Morgan fingerprint density at radius 1 is 1.04 bits per heavy atom. The second kappa shape index (κ2) is 6.08. The van der Waals surface area contributed by atoms with Crippen molar-refractivity contribution in [2.45, 2.75) is 0 Å². The molecule has 0 saturated heterocycles. The summed E-state index contributed by atoms with van der Waals surface area (Å²) in [6.45, 7) is 0.992. The maximum Gasteiger partial charge on any atom is 0.347 e. The highest BCUT2D eigenvalue weighted by Crippen LogP contribution is 2.34. The van der Waals surface area contributed by atoms with Crippen LogP contribution in [0.15, 0.2) is 54.7 Å². The zero-order valence-corrected chi connectivity index (χ0v) is 12.7. The van der Waals surface area contributed by atoms with Gasteiger partial charge in [0, 0.05) is 11.6 Å². The summed E-state index contributed by atoms with van der Waals surface area (Å²) in [6.07, 6.45) is 1.46. The number of nitrogens with one attached hydrogen (secondary N) is 1. The van der Waals surface area contributed by atoms with Crippen LogP contribution in [-0.4, -0.2) is 29.4 Å². The third kappa shape index (κ3) is 2.69. The first-order valence-electron chi connectivity index (χ1n) is 7.52. The van der Waals surface area contributed by atoms with Crippen LogP contribution >= 0.6 is 0 Å². The van der Waals surface area contributed by atoms with Crippen LogP contribution in [0.4, 0.5) is 0 Å². The molecule has 0 spiro atoms. The van der Waals surface area contributed by atoms with Crippen LogP contribution < -0.4 is 14.2 Å². The molecule has 6 nitrogen and oxygen atoms in total. The van der Waals surface area contributed by atoms with Crippen molar-refractivity contribution < 1.29 is 19.0 Å². The summed E-state index contributed by atoms with van der Waals surface area (Å²) in [4.78, 5) is 12.5. The van der Waals surface area contributed by atoms with Crippen molar-refractivity contribution in [1.29, 1.82) is 0 Å². The number of fused-ring (bicyclic) bond motifs is 1. The van der Waals surface area contributed by atoms with Crippen molar-refractivity contribution in [2.75, 3.05) is 13.2 Å². The summed E-state index contributed by atoms with van der Waals surface area (Å²) in [5.41, 5.74) is 1.86. The molecule has 0 amide bonds. The molecule has 0 radical (unpaired) electrons. The molecule has 0 bridgehead atoms. The van der Waals surface area contributed by atoms with Crippen LogP contribution in [-0.2, 0) is 0 Å². The Bertz CT molecular complexity index is 874. The van der Waals surface area contributed by atoms with Gasteiger partial charge in [0.25, 0.3) is 0 Å². The first-order chi connectivity index (χ1) is 11.8. The third-order valence-corrected chi connectivity index (χ3v) is 3.65. The lowest BCUT2D eigenvalue weighted by Gasteiger charge is -2.18. The fourth-order valence-corrected chi connectivity index (χ4v) is 2.51. The average molecular weight is 322 g/mol. The Labute approximate surface area is 138 Å². The maximum atomic E-state index is 12.5. The van der Waals surface area contributed by atoms with E-state index in [4.69, 9.17) is 14.2 Å². The van der Waals surface area contributed by atoms with E-state index < -0.39 is 5.97 Å². The summed E-state index contributed by atoms with van der Waals surface area (Å²) in [5.74, 6) is 1.13. The predicted molar refractivity (Wildman–Crippen MR) is 86.4 cm³/mol. The molecule has 6 heteroatoms. The lowest BCUT2D eigenvalue weighted by Crippen LogP contribution is -2.15. The summed E-state index contributed by atoms with van der Waals surface area (Å²) >= 11 is 0. The predicted octanol–water partition coefficient (Wildman–Crippen LogP) is 3.07. The molecule has 0 saturated carbocycles. The van der Waals surface area contributed by atoms with Gasteiger partial charge in [-0.15, -0.1) is 0 Å². The van der Waals surface area contributed by atoms with E-state index in [1.54, 1.807) is 18.2 Å². The standard InChI is InChI=1S/C18H14N2O4/c21-18(14-11-19-20-17(14)12-4-2-1-3-5-12)24-13-6-7-15-16(10-13)23-9-8-22-15/h1-7,10-11H,8-9H2,(H,19,20). The number of aromatic nitrogens is 2. The van der Waals surface area contributed by atoms with E-state index in [2.05, 4.69) is 10.2 Å². The lowest BCUT2D eigenvalue weighted by atomic mass is 10.1. The smallest absolute Gasteiger partial charge is 0.347 e. The van der Waals surface area contributed by atoms with Gasteiger partial charge in [0.15, 0.2) is 11.5 Å². The third-order valence-electron chi connectivity index (χ3n) is 3.65. The van der Waals surface area contributed by atoms with E-state index in [1.807, 2.05) is 30.3 Å². The molecular formula is C18H14N2O4. The number of carbonyl (C=O) groups excluding carboxylic acids is 1. The van der Waals surface area contributed by atoms with Gasteiger partial charge >= 0.3 is 5.97 Å². The van der Waals surface area contributed by atoms with Crippen LogP contribution in [0.3, 0.4) is 0 Å². The fourth-order valence-electron chi connectivity index (χ4n) is 2.51. The number of rotatable bonds is 3. The first-order valence-corrected chi connectivity index (χ1v) is 7.52. The van der Waals surface area contributed by atoms with Crippen molar-refractivity contribution in [3.63, 3.8) is 0 Å². The average Bonchev–Trinajstić information content (AvgIpc) is 3.12. The Hall–Kier alpha value is -3.28. The van der Waals surface area contributed by atoms with Gasteiger partial charge in [-0.2, -0.15) is 5.10 Å². The molecule has 0 atom stereocenters. The van der Waals surface area contributed by atoms with E-state index >= 15 is 0 Å². The monoisotopic (exact) mass is 322 g/mol. The Morgan fingerprint density at radius 2 is 1.83 bits per heavy atom. The number of benzene rings is 2. The summed E-state index contributed by atoms with van der Waals surface area (Å²) in [6, 6.07) is 14.5. The van der Waals surface area contributed by atoms with Crippen molar-refractivity contribution in [2.24, 2.45) is 0 Å². The van der Waals surface area contributed by atoms with Crippen molar-refractivity contribution in [1.82, 2.24) is 10.2 Å². The van der Waals surface area contributed by atoms with Crippen LogP contribution in [0.2, 0.25) is 0 Å². The molecule has 0 unspecified atom stereocenters. The molecule has 1 aliphatic rings. The Morgan fingerprint density at radius 3 is 2.67 bits per heavy atom. The minimum atomic E-state index is -0.487. The van der Waals surface area contributed by atoms with Crippen molar-refractivity contribution in [3.8, 4) is 28.5 Å². The van der Waals surface area contributed by atoms with E-state index in [0.29, 0.717) is 41.7 Å². The molecule has 120 valence electrons. The molecule has 1 aromatic heterocycles. The number of carbonyl (C=O) groups is 1. The number of nitrogens with zero attached hydrogens (tertiary/aromatic N) is 1. The van der Waals surface area contributed by atoms with Crippen LogP contribution in [0, 0.1) is 0 Å². The molecule has 4 rings (SSSR count). The van der Waals surface area contributed by atoms with E-state index in [1.165, 1.54) is 6.20 Å². The summed E-state index contributed by atoms with van der Waals surface area (Å²) in [5, 5.41) is 6.80. The zero-order chi connectivity index (χ0) is 16.4. The minimum Gasteiger partial charge on any atom is -0.486 e. The quantitative estimate of drug-likeness (QED) is 0.592. The molecule has 0 fully saturated rings. The van der Waals surface area contributed by atoms with Gasteiger partial charge < -0.3 is 14.2 Å². The van der Waals surface area contributed by atoms with Crippen LogP contribution in [0.25, 0.3) is 11.3 Å². The van der Waals surface area contributed by atoms with Crippen molar-refractivity contribution >= 4 is 5.97 Å². The number of hydrogen-bond donors (Lipinski definition) is 1. The molecule has 2 aromatic carbocycles. The second-order valence-electron chi connectivity index (χ2n) is 5.22. The van der Waals surface area contributed by atoms with Gasteiger partial charge in [0.05, 0.1) is 11.9 Å². The molecule has 1 N–H and O–H groups in total. The van der Waals surface area contributed by atoms with Gasteiger partial charge in [-0.25, -0.2) is 4.79 Å². The largest absolute Gasteiger partial charge is 0.486 e. The lowest BCUT2D eigenvalue weighted by molar-refractivity contribution is 0.0734. The van der Waals surface area contributed by atoms with Crippen LogP contribution in [0.1, 0.15) is 10.4 Å². The van der Waals surface area contributed by atoms with Gasteiger partial charge in [-0.05, 0) is 12.1 Å². The highest BCUT2D eigenvalue weighted by Gasteiger charge is 2.19. The first kappa shape index (κ1) is 14.3. The van der Waals surface area contributed by atoms with E-state index in [9.17, 15) is 4.79 Å². The number of hydrogen-bond acceptors (Lipinski definition) is 5. The van der Waals surface area contributed by atoms with Gasteiger partial charge in [0.1, 0.15) is 24.5 Å². The molecule has 1 aliphatic heterocycles. The SMILES string of the molecule is O=C(Oc1ccc2c(c1)OCCO2)c1cn[nH]c1-c1ccccc1. The van der Waals surface area contributed by atoms with Crippen LogP contribution in [0.5, 0.6) is 17.2 Å². The maximum absolute atomic E-state index is 12.5. The van der Waals surface area contributed by atoms with Gasteiger partial charge in [-0.3, -0.25) is 5.10 Å². The normalized spacial score (nSPS) is 12.7. The molecule has 24 heavy (non-hydrogen) atoms. The zero-order valence-electron chi connectivity index (χ0n) is 12.7. The molecule has 0 aliphatic carbocycles. The second-order valence-corrected chi connectivity index (χ2v) is 5.22. The highest BCUT2D eigenvalue weighted by molar-refractivity contribution is 5.97. The Balaban J connectivity index is 1.58. The van der Waals surface area contributed by atoms with Crippen molar-refractivity contribution in [3.05, 3.63) is 60.3 Å². The van der Waals surface area contributed by atoms with E-state index in [-0.39, 0.29) is 0 Å². The molecular weight excluding hydrogens is 308 g/mol. The Kier molecular flexibility index (Phi) is 3.63. The van der Waals surface area contributed by atoms with Gasteiger partial charge in [-0.1, -0.05) is 30.3 Å².